The van der Waals surface area contributed by atoms with E-state index in [4.69, 9.17) is 0 Å². The first kappa shape index (κ1) is 21.3. The molecule has 156 valence electrons. The number of amides is 2. The van der Waals surface area contributed by atoms with E-state index in [1.165, 1.54) is 29.3 Å². The van der Waals surface area contributed by atoms with Crippen LogP contribution in [0.25, 0.3) is 0 Å². The normalized spacial score (nSPS) is 12.3. The van der Waals surface area contributed by atoms with Crippen LogP contribution in [0.1, 0.15) is 22.8 Å². The van der Waals surface area contributed by atoms with E-state index in [2.05, 4.69) is 10.3 Å². The molecule has 1 aromatic heterocycles. The zero-order valence-corrected chi connectivity index (χ0v) is 15.9. The lowest BCUT2D eigenvalue weighted by molar-refractivity contribution is -0.139. The van der Waals surface area contributed by atoms with E-state index in [0.717, 1.165) is 11.6 Å². The van der Waals surface area contributed by atoms with Crippen LogP contribution in [0.4, 0.5) is 23.8 Å². The molecule has 0 spiro atoms. The third kappa shape index (κ3) is 5.57. The minimum absolute atomic E-state index is 0.102. The van der Waals surface area contributed by atoms with Gasteiger partial charge in [-0.05, 0) is 29.3 Å². The summed E-state index contributed by atoms with van der Waals surface area (Å²) in [7, 11) is 0. The van der Waals surface area contributed by atoms with Crippen molar-refractivity contribution in [3.63, 3.8) is 0 Å². The molecule has 0 saturated heterocycles. The minimum atomic E-state index is -4.61. The van der Waals surface area contributed by atoms with Crippen LogP contribution in [-0.4, -0.2) is 27.6 Å². The number of aliphatic hydroxyl groups is 1. The van der Waals surface area contributed by atoms with Gasteiger partial charge >= 0.3 is 12.2 Å². The molecular formula is C22H20F3N3O2. The number of alkyl halides is 3. The standard InChI is InChI=1S/C22H20F3N3O2/c23-22(24,25)18-11-5-4-10-17(18)19(29)15-28(14-16-8-2-1-3-9-16)21(30)27-20-12-6-7-13-26-20/h1-13,19,29H,14-15H2,(H,26,27,30)/t19-/m0/s1. The number of nitrogens with one attached hydrogen (secondary N) is 1. The average Bonchev–Trinajstić information content (AvgIpc) is 2.74. The van der Waals surface area contributed by atoms with Crippen LogP contribution in [0.15, 0.2) is 79.0 Å². The Morgan fingerprint density at radius 1 is 1.00 bits per heavy atom. The van der Waals surface area contributed by atoms with Gasteiger partial charge in [0.2, 0.25) is 0 Å². The summed E-state index contributed by atoms with van der Waals surface area (Å²) in [5, 5.41) is 13.2. The Labute approximate surface area is 171 Å². The molecule has 2 N–H and O–H groups in total. The SMILES string of the molecule is O=C(Nc1ccccn1)N(Cc1ccccc1)C[C@H](O)c1ccccc1C(F)(F)F. The van der Waals surface area contributed by atoms with Gasteiger partial charge in [-0.2, -0.15) is 13.2 Å². The second-order valence-corrected chi connectivity index (χ2v) is 6.61. The Morgan fingerprint density at radius 3 is 2.33 bits per heavy atom. The monoisotopic (exact) mass is 415 g/mol. The van der Waals surface area contributed by atoms with Crippen molar-refractivity contribution in [3.05, 3.63) is 95.7 Å². The topological polar surface area (TPSA) is 65.5 Å². The van der Waals surface area contributed by atoms with Crippen LogP contribution in [0.5, 0.6) is 0 Å². The molecule has 0 aliphatic heterocycles. The minimum Gasteiger partial charge on any atom is -0.387 e. The molecule has 3 aromatic rings. The van der Waals surface area contributed by atoms with Crippen molar-refractivity contribution in [2.45, 2.75) is 18.8 Å². The third-order valence-electron chi connectivity index (χ3n) is 4.42. The number of carbonyl (C=O) groups excluding carboxylic acids is 1. The Kier molecular flexibility index (Phi) is 6.68. The molecule has 0 bridgehead atoms. The largest absolute Gasteiger partial charge is 0.416 e. The van der Waals surface area contributed by atoms with E-state index in [-0.39, 0.29) is 18.7 Å². The van der Waals surface area contributed by atoms with Crippen LogP contribution < -0.4 is 5.32 Å². The van der Waals surface area contributed by atoms with E-state index in [1.807, 2.05) is 6.07 Å². The van der Waals surface area contributed by atoms with Crippen LogP contribution >= 0.6 is 0 Å². The van der Waals surface area contributed by atoms with E-state index >= 15 is 0 Å². The molecule has 0 aliphatic carbocycles. The molecular weight excluding hydrogens is 395 g/mol. The Hall–Kier alpha value is -3.39. The van der Waals surface area contributed by atoms with Crippen LogP contribution in [0, 0.1) is 0 Å². The van der Waals surface area contributed by atoms with Gasteiger partial charge in [0.15, 0.2) is 0 Å². The average molecular weight is 415 g/mol. The van der Waals surface area contributed by atoms with Crippen molar-refractivity contribution in [2.75, 3.05) is 11.9 Å². The predicted molar refractivity (Wildman–Crippen MR) is 107 cm³/mol. The molecule has 5 nitrogen and oxygen atoms in total. The highest BCUT2D eigenvalue weighted by Crippen LogP contribution is 2.34. The number of hydrogen-bond donors (Lipinski definition) is 2. The number of urea groups is 1. The Morgan fingerprint density at radius 2 is 1.67 bits per heavy atom. The van der Waals surface area contributed by atoms with Gasteiger partial charge in [-0.15, -0.1) is 0 Å². The van der Waals surface area contributed by atoms with Gasteiger partial charge in [0.1, 0.15) is 5.82 Å². The number of aromatic nitrogens is 1. The maximum Gasteiger partial charge on any atom is 0.416 e. The van der Waals surface area contributed by atoms with Crippen molar-refractivity contribution >= 4 is 11.8 Å². The van der Waals surface area contributed by atoms with Crippen molar-refractivity contribution in [1.29, 1.82) is 0 Å². The maximum absolute atomic E-state index is 13.3. The molecule has 2 aromatic carbocycles. The molecule has 8 heteroatoms. The molecule has 0 unspecified atom stereocenters. The molecule has 2 amide bonds. The predicted octanol–water partition coefficient (Wildman–Crippen LogP) is 4.87. The van der Waals surface area contributed by atoms with Crippen molar-refractivity contribution < 1.29 is 23.1 Å². The lowest BCUT2D eigenvalue weighted by Crippen LogP contribution is -2.38. The number of pyridine rings is 1. The second-order valence-electron chi connectivity index (χ2n) is 6.61. The van der Waals surface area contributed by atoms with Crippen LogP contribution in [0.3, 0.4) is 0 Å². The fraction of sp³-hybridized carbons (Fsp3) is 0.182. The summed E-state index contributed by atoms with van der Waals surface area (Å²) < 4.78 is 40.0. The van der Waals surface area contributed by atoms with Gasteiger partial charge in [-0.1, -0.05) is 54.6 Å². The number of benzene rings is 2. The highest BCUT2D eigenvalue weighted by atomic mass is 19.4. The summed E-state index contributed by atoms with van der Waals surface area (Å²) in [5.41, 5.74) is -0.444. The smallest absolute Gasteiger partial charge is 0.387 e. The third-order valence-corrected chi connectivity index (χ3v) is 4.42. The van der Waals surface area contributed by atoms with E-state index in [1.54, 1.807) is 42.5 Å². The Balaban J connectivity index is 1.84. The number of nitrogens with zero attached hydrogens (tertiary/aromatic N) is 2. The molecule has 30 heavy (non-hydrogen) atoms. The van der Waals surface area contributed by atoms with Gasteiger partial charge in [0.05, 0.1) is 18.2 Å². The van der Waals surface area contributed by atoms with Gasteiger partial charge in [0.25, 0.3) is 0 Å². The fourth-order valence-corrected chi connectivity index (χ4v) is 3.00. The van der Waals surface area contributed by atoms with Crippen LogP contribution in [-0.2, 0) is 12.7 Å². The summed E-state index contributed by atoms with van der Waals surface area (Å²) in [6, 6.07) is 18.2. The fourth-order valence-electron chi connectivity index (χ4n) is 3.00. The molecule has 0 aliphatic rings. The van der Waals surface area contributed by atoms with Gasteiger partial charge < -0.3 is 10.0 Å². The zero-order chi connectivity index (χ0) is 21.6. The molecule has 0 fully saturated rings. The van der Waals surface area contributed by atoms with Crippen molar-refractivity contribution in [2.24, 2.45) is 0 Å². The first-order valence-electron chi connectivity index (χ1n) is 9.19. The summed E-state index contributed by atoms with van der Waals surface area (Å²) in [5.74, 6) is 0.297. The number of aliphatic hydroxyl groups excluding tert-OH is 1. The molecule has 3 rings (SSSR count). The lowest BCUT2D eigenvalue weighted by Gasteiger charge is -2.27. The van der Waals surface area contributed by atoms with E-state index in [9.17, 15) is 23.1 Å². The number of anilines is 1. The lowest BCUT2D eigenvalue weighted by atomic mass is 10.0. The van der Waals surface area contributed by atoms with E-state index < -0.39 is 23.9 Å². The van der Waals surface area contributed by atoms with Crippen LogP contribution in [0.2, 0.25) is 0 Å². The van der Waals surface area contributed by atoms with Gasteiger partial charge in [0, 0.05) is 12.7 Å². The van der Waals surface area contributed by atoms with Gasteiger partial charge in [-0.3, -0.25) is 5.32 Å². The number of hydrogen-bond acceptors (Lipinski definition) is 3. The van der Waals surface area contributed by atoms with E-state index in [0.29, 0.717) is 5.82 Å². The highest BCUT2D eigenvalue weighted by molar-refractivity contribution is 5.88. The summed E-state index contributed by atoms with van der Waals surface area (Å²) >= 11 is 0. The summed E-state index contributed by atoms with van der Waals surface area (Å²) in [6.45, 7) is -0.231. The van der Waals surface area contributed by atoms with Crippen molar-refractivity contribution in [3.8, 4) is 0 Å². The maximum atomic E-state index is 13.3. The first-order valence-corrected chi connectivity index (χ1v) is 9.19. The molecule has 0 radical (unpaired) electrons. The number of carbonyl (C=O) groups is 1. The molecule has 1 atom stereocenters. The zero-order valence-electron chi connectivity index (χ0n) is 15.9. The molecule has 0 saturated carbocycles. The van der Waals surface area contributed by atoms with Gasteiger partial charge in [-0.25, -0.2) is 9.78 Å². The number of halogens is 3. The second kappa shape index (κ2) is 9.41. The number of rotatable bonds is 6. The quantitative estimate of drug-likeness (QED) is 0.604. The summed E-state index contributed by atoms with van der Waals surface area (Å²) in [6.07, 6.45) is -4.63. The molecule has 1 heterocycles. The van der Waals surface area contributed by atoms with Crippen molar-refractivity contribution in [1.82, 2.24) is 9.88 Å². The first-order chi connectivity index (χ1) is 14.3. The Bertz CT molecular complexity index is 966. The highest BCUT2D eigenvalue weighted by Gasteiger charge is 2.35. The summed E-state index contributed by atoms with van der Waals surface area (Å²) in [4.78, 5) is 18.1.